The summed E-state index contributed by atoms with van der Waals surface area (Å²) >= 11 is 3.39. The normalized spacial score (nSPS) is 21.9. The Morgan fingerprint density at radius 2 is 1.66 bits per heavy atom. The number of anilines is 1. The number of rotatable bonds is 7. The molecule has 2 aliphatic heterocycles. The van der Waals surface area contributed by atoms with Crippen LogP contribution in [0, 0.1) is 5.92 Å². The number of imide groups is 1. The third-order valence-corrected chi connectivity index (χ3v) is 6.77. The van der Waals surface area contributed by atoms with Crippen LogP contribution < -0.4 is 14.4 Å². The van der Waals surface area contributed by atoms with Crippen LogP contribution in [0.4, 0.5) is 5.69 Å². The van der Waals surface area contributed by atoms with E-state index in [4.69, 9.17) is 14.3 Å². The minimum Gasteiger partial charge on any atom is -0.490 e. The van der Waals surface area contributed by atoms with E-state index in [0.717, 1.165) is 15.6 Å². The highest BCUT2D eigenvalue weighted by Crippen LogP contribution is 2.46. The Balaban J connectivity index is 1.42. The van der Waals surface area contributed by atoms with Gasteiger partial charge in [0.1, 0.15) is 6.61 Å². The van der Waals surface area contributed by atoms with E-state index in [1.54, 1.807) is 36.4 Å². The van der Waals surface area contributed by atoms with Gasteiger partial charge < -0.3 is 9.47 Å². The molecule has 5 rings (SSSR count). The van der Waals surface area contributed by atoms with Crippen LogP contribution in [0.2, 0.25) is 0 Å². The SMILES string of the molecule is CCOc1cc(C2C3C(=O)N(c4ccc(Br)cc4)C(=O)C3ON2C)ccc1OCc1ccccc1. The third kappa shape index (κ3) is 4.45. The summed E-state index contributed by atoms with van der Waals surface area (Å²) in [5, 5.41) is 1.60. The largest absolute Gasteiger partial charge is 0.490 e. The van der Waals surface area contributed by atoms with Crippen molar-refractivity contribution in [3.8, 4) is 11.5 Å². The molecule has 0 aliphatic carbocycles. The van der Waals surface area contributed by atoms with Crippen molar-refractivity contribution in [2.45, 2.75) is 25.7 Å². The molecule has 0 spiro atoms. The molecule has 2 saturated heterocycles. The van der Waals surface area contributed by atoms with Gasteiger partial charge >= 0.3 is 0 Å². The topological polar surface area (TPSA) is 68.3 Å². The zero-order valence-corrected chi connectivity index (χ0v) is 21.0. The smallest absolute Gasteiger partial charge is 0.265 e. The number of nitrogens with zero attached hydrogens (tertiary/aromatic N) is 2. The number of hydroxylamine groups is 2. The van der Waals surface area contributed by atoms with Gasteiger partial charge in [0.15, 0.2) is 17.6 Å². The summed E-state index contributed by atoms with van der Waals surface area (Å²) in [6.07, 6.45) is -0.870. The van der Waals surface area contributed by atoms with Gasteiger partial charge in [-0.25, -0.2) is 4.90 Å². The molecule has 8 heteroatoms. The van der Waals surface area contributed by atoms with Crippen LogP contribution in [-0.2, 0) is 21.0 Å². The summed E-state index contributed by atoms with van der Waals surface area (Å²) in [5.41, 5.74) is 2.39. The van der Waals surface area contributed by atoms with Gasteiger partial charge in [0, 0.05) is 11.5 Å². The maximum absolute atomic E-state index is 13.5. The fraction of sp³-hybridized carbons (Fsp3) is 0.259. The lowest BCUT2D eigenvalue weighted by molar-refractivity contribution is -0.160. The van der Waals surface area contributed by atoms with E-state index in [-0.39, 0.29) is 11.8 Å². The number of amides is 2. The van der Waals surface area contributed by atoms with Crippen LogP contribution in [0.1, 0.15) is 24.1 Å². The predicted octanol–water partition coefficient (Wildman–Crippen LogP) is 4.90. The molecule has 35 heavy (non-hydrogen) atoms. The average Bonchev–Trinajstić information content (AvgIpc) is 3.33. The highest BCUT2D eigenvalue weighted by atomic mass is 79.9. The molecule has 3 unspecified atom stereocenters. The van der Waals surface area contributed by atoms with Gasteiger partial charge in [0.05, 0.1) is 24.3 Å². The van der Waals surface area contributed by atoms with Crippen molar-refractivity contribution in [2.75, 3.05) is 18.6 Å². The average molecular weight is 537 g/mol. The van der Waals surface area contributed by atoms with Crippen LogP contribution in [-0.4, -0.2) is 36.6 Å². The van der Waals surface area contributed by atoms with E-state index in [1.165, 1.54) is 4.90 Å². The Morgan fingerprint density at radius 1 is 0.914 bits per heavy atom. The monoisotopic (exact) mass is 536 g/mol. The summed E-state index contributed by atoms with van der Waals surface area (Å²) in [7, 11) is 1.74. The number of fused-ring (bicyclic) bond motifs is 1. The maximum atomic E-state index is 13.5. The zero-order valence-electron chi connectivity index (χ0n) is 19.4. The van der Waals surface area contributed by atoms with Crippen LogP contribution in [0.15, 0.2) is 77.3 Å². The molecule has 7 nitrogen and oxygen atoms in total. The molecule has 3 aromatic rings. The quantitative estimate of drug-likeness (QED) is 0.400. The van der Waals surface area contributed by atoms with Gasteiger partial charge in [0.2, 0.25) is 5.91 Å². The van der Waals surface area contributed by atoms with Crippen LogP contribution in [0.3, 0.4) is 0 Å². The molecule has 2 fully saturated rings. The minimum atomic E-state index is -0.870. The molecule has 3 aromatic carbocycles. The summed E-state index contributed by atoms with van der Waals surface area (Å²) in [4.78, 5) is 33.7. The second kappa shape index (κ2) is 9.81. The number of ether oxygens (including phenoxy) is 2. The Bertz CT molecular complexity index is 1230. The van der Waals surface area contributed by atoms with E-state index in [1.807, 2.05) is 55.5 Å². The number of carbonyl (C=O) groups excluding carboxylic acids is 2. The molecule has 0 saturated carbocycles. The lowest BCUT2D eigenvalue weighted by Crippen LogP contribution is -2.36. The number of hydrogen-bond acceptors (Lipinski definition) is 6. The molecule has 2 heterocycles. The standard InChI is InChI=1S/C27H25BrN2O5/c1-3-33-22-15-18(9-14-21(22)34-16-17-7-5-4-6-8-17)24-23-25(35-29(24)2)27(32)30(26(23)31)20-12-10-19(28)11-13-20/h4-15,23-25H,3,16H2,1-2H3. The van der Waals surface area contributed by atoms with Gasteiger partial charge in [-0.2, -0.15) is 5.06 Å². The van der Waals surface area contributed by atoms with Crippen LogP contribution in [0.25, 0.3) is 0 Å². The highest BCUT2D eigenvalue weighted by Gasteiger charge is 2.59. The van der Waals surface area contributed by atoms with Crippen molar-refractivity contribution in [3.63, 3.8) is 0 Å². The molecule has 0 aromatic heterocycles. The van der Waals surface area contributed by atoms with E-state index >= 15 is 0 Å². The fourth-order valence-electron chi connectivity index (χ4n) is 4.64. The molecule has 2 aliphatic rings. The maximum Gasteiger partial charge on any atom is 0.265 e. The molecular formula is C27H25BrN2O5. The molecule has 0 N–H and O–H groups in total. The highest BCUT2D eigenvalue weighted by molar-refractivity contribution is 9.10. The van der Waals surface area contributed by atoms with Crippen LogP contribution >= 0.6 is 15.9 Å². The van der Waals surface area contributed by atoms with Gasteiger partial charge in [-0.1, -0.05) is 52.3 Å². The van der Waals surface area contributed by atoms with Crippen molar-refractivity contribution in [1.82, 2.24) is 5.06 Å². The van der Waals surface area contributed by atoms with E-state index < -0.39 is 18.1 Å². The summed E-state index contributed by atoms with van der Waals surface area (Å²) in [5.74, 6) is -0.104. The van der Waals surface area contributed by atoms with Crippen molar-refractivity contribution in [3.05, 3.63) is 88.4 Å². The Kier molecular flexibility index (Phi) is 6.60. The van der Waals surface area contributed by atoms with Crippen molar-refractivity contribution >= 4 is 33.4 Å². The zero-order chi connectivity index (χ0) is 24.5. The number of carbonyl (C=O) groups is 2. The number of benzene rings is 3. The Morgan fingerprint density at radius 3 is 2.37 bits per heavy atom. The second-order valence-electron chi connectivity index (χ2n) is 8.44. The van der Waals surface area contributed by atoms with Crippen molar-refractivity contribution in [1.29, 1.82) is 0 Å². The predicted molar refractivity (Wildman–Crippen MR) is 134 cm³/mol. The Hall–Kier alpha value is -3.20. The number of hydrogen-bond donors (Lipinski definition) is 0. The number of halogens is 1. The van der Waals surface area contributed by atoms with Gasteiger partial charge in [0.25, 0.3) is 5.91 Å². The van der Waals surface area contributed by atoms with Crippen molar-refractivity contribution < 1.29 is 23.9 Å². The summed E-state index contributed by atoms with van der Waals surface area (Å²) in [6, 6.07) is 22.2. The lowest BCUT2D eigenvalue weighted by Gasteiger charge is -2.25. The molecule has 0 bridgehead atoms. The molecule has 3 atom stereocenters. The van der Waals surface area contributed by atoms with Gasteiger partial charge in [-0.3, -0.25) is 14.4 Å². The van der Waals surface area contributed by atoms with Crippen LogP contribution in [0.5, 0.6) is 11.5 Å². The molecule has 180 valence electrons. The first kappa shape index (κ1) is 23.5. The Labute approximate surface area is 212 Å². The van der Waals surface area contributed by atoms with E-state index in [9.17, 15) is 9.59 Å². The lowest BCUT2D eigenvalue weighted by atomic mass is 9.91. The minimum absolute atomic E-state index is 0.279. The third-order valence-electron chi connectivity index (χ3n) is 6.24. The van der Waals surface area contributed by atoms with Gasteiger partial charge in [-0.15, -0.1) is 0 Å². The van der Waals surface area contributed by atoms with Crippen molar-refractivity contribution in [2.24, 2.45) is 5.92 Å². The molecular weight excluding hydrogens is 512 g/mol. The summed E-state index contributed by atoms with van der Waals surface area (Å²) in [6.45, 7) is 2.78. The molecule has 2 amide bonds. The molecule has 0 radical (unpaired) electrons. The summed E-state index contributed by atoms with van der Waals surface area (Å²) < 4.78 is 12.8. The van der Waals surface area contributed by atoms with E-state index in [2.05, 4.69) is 15.9 Å². The first-order valence-electron chi connectivity index (χ1n) is 11.4. The van der Waals surface area contributed by atoms with E-state index in [0.29, 0.717) is 30.4 Å². The second-order valence-corrected chi connectivity index (χ2v) is 9.36. The first-order chi connectivity index (χ1) is 17.0. The van der Waals surface area contributed by atoms with Gasteiger partial charge in [-0.05, 0) is 54.4 Å². The fourth-order valence-corrected chi connectivity index (χ4v) is 4.91. The first-order valence-corrected chi connectivity index (χ1v) is 12.2.